The van der Waals surface area contributed by atoms with E-state index in [1.165, 1.54) is 6.07 Å². The van der Waals surface area contributed by atoms with Crippen molar-refractivity contribution < 1.29 is 17.6 Å². The van der Waals surface area contributed by atoms with Crippen LogP contribution in [0.5, 0.6) is 0 Å². The molecule has 0 saturated carbocycles. The van der Waals surface area contributed by atoms with E-state index in [1.807, 2.05) is 51.1 Å². The molecule has 6 aromatic rings. The molecule has 0 radical (unpaired) electrons. The lowest BCUT2D eigenvalue weighted by Gasteiger charge is -2.17. The number of benzene rings is 2. The average Bonchev–Trinajstić information content (AvgIpc) is 3.59. The van der Waals surface area contributed by atoms with Gasteiger partial charge in [-0.1, -0.05) is 26.8 Å². The second kappa shape index (κ2) is 10.6. The quantitative estimate of drug-likeness (QED) is 0.181. The minimum absolute atomic E-state index is 0.108. The van der Waals surface area contributed by atoms with E-state index in [0.717, 1.165) is 34.4 Å². The zero-order chi connectivity index (χ0) is 31.4. The number of nitrogens with one attached hydrogen (secondary N) is 3. The second-order valence-electron chi connectivity index (χ2n) is 11.8. The molecule has 44 heavy (non-hydrogen) atoms. The Bertz CT molecular complexity index is 2180. The smallest absolute Gasteiger partial charge is 0.229 e. The second-order valence-corrected chi connectivity index (χ2v) is 14.0. The van der Waals surface area contributed by atoms with Crippen LogP contribution in [0.15, 0.2) is 73.2 Å². The first-order valence-corrected chi connectivity index (χ1v) is 15.7. The van der Waals surface area contributed by atoms with Gasteiger partial charge in [0.1, 0.15) is 22.5 Å². The van der Waals surface area contributed by atoms with Gasteiger partial charge in [0.05, 0.1) is 23.1 Å². The van der Waals surface area contributed by atoms with Gasteiger partial charge in [-0.05, 0) is 70.8 Å². The van der Waals surface area contributed by atoms with Gasteiger partial charge in [-0.3, -0.25) is 14.9 Å². The summed E-state index contributed by atoms with van der Waals surface area (Å²) in [5.41, 5.74) is 11.6. The summed E-state index contributed by atoms with van der Waals surface area (Å²) in [4.78, 5) is 24.6. The number of pyridine rings is 2. The van der Waals surface area contributed by atoms with E-state index < -0.39 is 26.4 Å². The molecule has 0 aliphatic heterocycles. The lowest BCUT2D eigenvalue weighted by atomic mass is 9.95. The van der Waals surface area contributed by atoms with E-state index in [1.54, 1.807) is 30.7 Å². The van der Waals surface area contributed by atoms with Crippen molar-refractivity contribution in [3.8, 4) is 33.6 Å². The summed E-state index contributed by atoms with van der Waals surface area (Å²) in [6.45, 7) is 5.54. The monoisotopic (exact) mass is 611 g/mol. The van der Waals surface area contributed by atoms with Crippen molar-refractivity contribution in [3.05, 3.63) is 84.6 Å². The number of aromatic amines is 2. The van der Waals surface area contributed by atoms with Gasteiger partial charge in [-0.15, -0.1) is 0 Å². The lowest BCUT2D eigenvalue weighted by molar-refractivity contribution is -0.123. The third-order valence-electron chi connectivity index (χ3n) is 7.38. The Morgan fingerprint density at radius 3 is 2.52 bits per heavy atom. The average molecular weight is 612 g/mol. The van der Waals surface area contributed by atoms with Crippen molar-refractivity contribution in [1.82, 2.24) is 25.1 Å². The fourth-order valence-corrected chi connectivity index (χ4v) is 5.60. The van der Waals surface area contributed by atoms with Crippen molar-refractivity contribution in [2.75, 3.05) is 11.6 Å². The van der Waals surface area contributed by atoms with E-state index in [4.69, 9.17) is 5.73 Å². The fourth-order valence-electron chi connectivity index (χ4n) is 4.97. The van der Waals surface area contributed by atoms with E-state index >= 15 is 0 Å². The third-order valence-corrected chi connectivity index (χ3v) is 8.58. The number of nitrogens with two attached hydrogens (primary N) is 1. The predicted molar refractivity (Wildman–Crippen MR) is 170 cm³/mol. The summed E-state index contributed by atoms with van der Waals surface area (Å²) in [5, 5.41) is 10.7. The first kappa shape index (κ1) is 29.1. The van der Waals surface area contributed by atoms with Crippen LogP contribution in [-0.2, 0) is 14.6 Å². The zero-order valence-electron chi connectivity index (χ0n) is 24.4. The van der Waals surface area contributed by atoms with Crippen LogP contribution < -0.4 is 11.1 Å². The Balaban J connectivity index is 1.40. The number of sulfone groups is 1. The van der Waals surface area contributed by atoms with Crippen LogP contribution in [0.4, 0.5) is 10.1 Å². The highest BCUT2D eigenvalue weighted by Gasteiger charge is 2.22. The summed E-state index contributed by atoms with van der Waals surface area (Å²) in [6, 6.07) is 15.4. The van der Waals surface area contributed by atoms with Gasteiger partial charge < -0.3 is 16.0 Å². The highest BCUT2D eigenvalue weighted by molar-refractivity contribution is 7.90. The number of fused-ring (bicyclic) bond motifs is 2. The molecule has 1 atom stereocenters. The molecule has 4 heterocycles. The number of hydrogen-bond acceptors (Lipinski definition) is 7. The highest BCUT2D eigenvalue weighted by Crippen LogP contribution is 2.36. The summed E-state index contributed by atoms with van der Waals surface area (Å²) >= 11 is 0. The van der Waals surface area contributed by atoms with E-state index in [2.05, 4.69) is 30.5 Å². The Morgan fingerprint density at radius 1 is 0.977 bits per heavy atom. The number of H-pyrrole nitrogens is 2. The molecule has 12 heteroatoms. The normalized spacial score (nSPS) is 13.0. The number of aromatic nitrogens is 5. The van der Waals surface area contributed by atoms with Crippen molar-refractivity contribution >= 4 is 43.4 Å². The summed E-state index contributed by atoms with van der Waals surface area (Å²) in [7, 11) is -3.64. The third kappa shape index (κ3) is 5.56. The maximum atomic E-state index is 14.7. The molecular weight excluding hydrogens is 581 g/mol. The van der Waals surface area contributed by atoms with E-state index in [0.29, 0.717) is 39.2 Å². The van der Waals surface area contributed by atoms with Gasteiger partial charge in [0.25, 0.3) is 0 Å². The van der Waals surface area contributed by atoms with Crippen LogP contribution in [-0.4, -0.2) is 45.7 Å². The number of anilines is 1. The molecule has 10 nitrogen and oxygen atoms in total. The molecular formula is C32H30FN7O3S. The molecule has 0 spiro atoms. The summed E-state index contributed by atoms with van der Waals surface area (Å²) in [5.74, 6) is -0.705. The van der Waals surface area contributed by atoms with Crippen LogP contribution >= 0.6 is 0 Å². The number of carbonyl (C=O) groups excluding carboxylic acids is 1. The van der Waals surface area contributed by atoms with Crippen LogP contribution in [0, 0.1) is 11.2 Å². The van der Waals surface area contributed by atoms with Crippen molar-refractivity contribution in [2.45, 2.75) is 26.1 Å². The molecule has 224 valence electrons. The maximum absolute atomic E-state index is 14.7. The van der Waals surface area contributed by atoms with E-state index in [-0.39, 0.29) is 11.5 Å². The first-order chi connectivity index (χ1) is 20.8. The summed E-state index contributed by atoms with van der Waals surface area (Å²) < 4.78 is 38.8. The maximum Gasteiger partial charge on any atom is 0.229 e. The van der Waals surface area contributed by atoms with Crippen molar-refractivity contribution in [1.29, 1.82) is 0 Å². The largest absolute Gasteiger partial charge is 0.338 e. The number of amides is 1. The molecule has 2 aromatic carbocycles. The molecule has 0 aliphatic rings. The Morgan fingerprint density at radius 2 is 1.77 bits per heavy atom. The zero-order valence-corrected chi connectivity index (χ0v) is 25.3. The molecule has 6 rings (SSSR count). The summed E-state index contributed by atoms with van der Waals surface area (Å²) in [6.07, 6.45) is 5.96. The first-order valence-electron chi connectivity index (χ1n) is 13.8. The van der Waals surface area contributed by atoms with Gasteiger partial charge >= 0.3 is 0 Å². The number of halogens is 1. The molecule has 0 saturated heterocycles. The lowest BCUT2D eigenvalue weighted by Crippen LogP contribution is -2.27. The van der Waals surface area contributed by atoms with E-state index in [9.17, 15) is 17.6 Å². The van der Waals surface area contributed by atoms with Crippen LogP contribution in [0.2, 0.25) is 0 Å². The number of nitrogens with zero attached hydrogens (tertiary/aromatic N) is 3. The topological polar surface area (TPSA) is 160 Å². The van der Waals surface area contributed by atoms with Gasteiger partial charge in [0, 0.05) is 40.4 Å². The van der Waals surface area contributed by atoms with Crippen molar-refractivity contribution in [2.24, 2.45) is 11.1 Å². The standard InChI is InChI=1S/C32H30FN7O3S/c1-32(2,3)31(41)37-22-12-20(15-35-16-22)17-5-6-26-25(13-17)28(40-39-26)27-14-24-23(7-8-36-30(24)38-27)18-9-19(11-21(33)10-18)29(34)44(4,42)43/h5-16,29H,34H2,1-4H3,(H,36,38)(H,37,41)(H,39,40). The Kier molecular flexibility index (Phi) is 7.05. The van der Waals surface area contributed by atoms with Gasteiger partial charge in [-0.25, -0.2) is 17.8 Å². The SMILES string of the molecule is CC(C)(C)C(=O)Nc1cncc(-c2ccc3[nH]nc(-c4cc5c(-c6cc(F)cc(C(N)S(C)(=O)=O)c6)ccnc5[nH]4)c3c2)c1. The van der Waals surface area contributed by atoms with Gasteiger partial charge in [-0.2, -0.15) is 5.10 Å². The number of hydrogen-bond donors (Lipinski definition) is 4. The predicted octanol–water partition coefficient (Wildman–Crippen LogP) is 5.96. The Labute approximate surface area is 252 Å². The molecule has 5 N–H and O–H groups in total. The number of carbonyl (C=O) groups is 1. The number of rotatable bonds is 6. The molecule has 0 aliphatic carbocycles. The van der Waals surface area contributed by atoms with Crippen LogP contribution in [0.1, 0.15) is 31.7 Å². The molecule has 1 unspecified atom stereocenters. The molecule has 0 fully saturated rings. The minimum atomic E-state index is -3.64. The van der Waals surface area contributed by atoms with Gasteiger partial charge in [0.15, 0.2) is 9.84 Å². The Hall–Kier alpha value is -4.94. The minimum Gasteiger partial charge on any atom is -0.338 e. The van der Waals surface area contributed by atoms with Crippen LogP contribution in [0.3, 0.4) is 0 Å². The molecule has 4 aromatic heterocycles. The van der Waals surface area contributed by atoms with Gasteiger partial charge in [0.2, 0.25) is 5.91 Å². The highest BCUT2D eigenvalue weighted by atomic mass is 32.2. The molecule has 1 amide bonds. The fraction of sp³-hybridized carbons (Fsp3) is 0.188. The molecule has 0 bridgehead atoms. The van der Waals surface area contributed by atoms with Crippen molar-refractivity contribution in [3.63, 3.8) is 0 Å². The van der Waals surface area contributed by atoms with Crippen LogP contribution in [0.25, 0.3) is 55.6 Å².